The second-order valence-corrected chi connectivity index (χ2v) is 10.1. The van der Waals surface area contributed by atoms with Crippen molar-refractivity contribution in [2.45, 2.75) is 54.0 Å². The number of halogens is 1. The molecule has 0 amide bonds. The van der Waals surface area contributed by atoms with Crippen molar-refractivity contribution in [3.05, 3.63) is 77.6 Å². The summed E-state index contributed by atoms with van der Waals surface area (Å²) in [5, 5.41) is 0. The fourth-order valence-corrected chi connectivity index (χ4v) is 6.72. The largest absolute Gasteiger partial charge is 0.490 e. The molecule has 1 aromatic carbocycles. The maximum atomic E-state index is 6.64. The van der Waals surface area contributed by atoms with E-state index in [1.807, 2.05) is 0 Å². The molecular formula is C25H24BBrO2. The van der Waals surface area contributed by atoms with Gasteiger partial charge in [-0.3, -0.25) is 0 Å². The Morgan fingerprint density at radius 2 is 1.90 bits per heavy atom. The van der Waals surface area contributed by atoms with Gasteiger partial charge in [0, 0.05) is 33.2 Å². The molecule has 6 rings (SSSR count). The predicted molar refractivity (Wildman–Crippen MR) is 120 cm³/mol. The summed E-state index contributed by atoms with van der Waals surface area (Å²) in [7, 11) is 6.64. The van der Waals surface area contributed by atoms with Crippen molar-refractivity contribution in [3.8, 4) is 5.75 Å². The summed E-state index contributed by atoms with van der Waals surface area (Å²) in [4.78, 5) is 0.320. The van der Waals surface area contributed by atoms with Crippen LogP contribution < -0.4 is 4.74 Å². The SMILES string of the molecule is [B]C1CC=CC2C1OC1=CCC(Br)C=C1C21c2ccccc2OC2CCC=CC21. The molecule has 146 valence electrons. The average Bonchev–Trinajstić information content (AvgIpc) is 2.75. The first-order chi connectivity index (χ1) is 14.2. The van der Waals surface area contributed by atoms with Gasteiger partial charge in [-0.15, -0.1) is 0 Å². The topological polar surface area (TPSA) is 18.5 Å². The van der Waals surface area contributed by atoms with Gasteiger partial charge in [-0.2, -0.15) is 0 Å². The minimum atomic E-state index is -0.216. The molecule has 7 atom stereocenters. The van der Waals surface area contributed by atoms with Gasteiger partial charge in [0.05, 0.1) is 7.85 Å². The monoisotopic (exact) mass is 446 g/mol. The second kappa shape index (κ2) is 6.67. The zero-order chi connectivity index (χ0) is 19.6. The molecule has 5 aliphatic rings. The van der Waals surface area contributed by atoms with Crippen LogP contribution in [0.2, 0.25) is 5.82 Å². The summed E-state index contributed by atoms with van der Waals surface area (Å²) < 4.78 is 13.2. The quantitative estimate of drug-likeness (QED) is 0.295. The lowest BCUT2D eigenvalue weighted by Gasteiger charge is -2.59. The van der Waals surface area contributed by atoms with Gasteiger partial charge in [0.15, 0.2) is 0 Å². The highest BCUT2D eigenvalue weighted by molar-refractivity contribution is 9.09. The molecule has 2 nitrogen and oxygen atoms in total. The summed E-state index contributed by atoms with van der Waals surface area (Å²) in [5.74, 6) is 2.51. The first kappa shape index (κ1) is 18.1. The molecule has 1 saturated heterocycles. The zero-order valence-electron chi connectivity index (χ0n) is 16.3. The highest BCUT2D eigenvalue weighted by Crippen LogP contribution is 2.63. The third-order valence-corrected chi connectivity index (χ3v) is 8.04. The van der Waals surface area contributed by atoms with Gasteiger partial charge >= 0.3 is 0 Å². The molecule has 2 heterocycles. The lowest BCUT2D eigenvalue weighted by Crippen LogP contribution is -2.60. The maximum absolute atomic E-state index is 6.64. The Bertz CT molecular complexity index is 963. The van der Waals surface area contributed by atoms with E-state index >= 15 is 0 Å². The molecule has 7 unspecified atom stereocenters. The first-order valence-electron chi connectivity index (χ1n) is 10.8. The maximum Gasteiger partial charge on any atom is 0.123 e. The molecule has 0 N–H and O–H groups in total. The van der Waals surface area contributed by atoms with Gasteiger partial charge < -0.3 is 9.47 Å². The Hall–Kier alpha value is -1.68. The van der Waals surface area contributed by atoms with Crippen LogP contribution in [0.4, 0.5) is 0 Å². The Morgan fingerprint density at radius 1 is 1.03 bits per heavy atom. The Morgan fingerprint density at radius 3 is 2.83 bits per heavy atom. The Labute approximate surface area is 182 Å². The van der Waals surface area contributed by atoms with E-state index in [0.29, 0.717) is 4.83 Å². The summed E-state index contributed by atoms with van der Waals surface area (Å²) in [5.41, 5.74) is 2.37. The molecular weight excluding hydrogens is 423 g/mol. The first-order valence-corrected chi connectivity index (χ1v) is 11.7. The summed E-state index contributed by atoms with van der Waals surface area (Å²) in [6, 6.07) is 8.64. The van der Waals surface area contributed by atoms with Crippen molar-refractivity contribution in [1.29, 1.82) is 0 Å². The summed E-state index contributed by atoms with van der Waals surface area (Å²) >= 11 is 3.86. The van der Waals surface area contributed by atoms with Gasteiger partial charge in [0.1, 0.15) is 23.7 Å². The van der Waals surface area contributed by atoms with Crippen molar-refractivity contribution in [3.63, 3.8) is 0 Å². The molecule has 3 aliphatic carbocycles. The number of rotatable bonds is 0. The summed E-state index contributed by atoms with van der Waals surface area (Å²) in [6.07, 6.45) is 18.1. The van der Waals surface area contributed by atoms with Crippen molar-refractivity contribution in [2.75, 3.05) is 0 Å². The minimum absolute atomic E-state index is 0.00652. The van der Waals surface area contributed by atoms with E-state index in [9.17, 15) is 0 Å². The number of fused-ring (bicyclic) bond motifs is 8. The number of alkyl halides is 1. The number of ether oxygens (including phenoxy) is 2. The normalized spacial score (nSPS) is 41.7. The predicted octanol–water partition coefficient (Wildman–Crippen LogP) is 5.56. The smallest absolute Gasteiger partial charge is 0.123 e. The molecule has 0 saturated carbocycles. The highest BCUT2D eigenvalue weighted by atomic mass is 79.9. The van der Waals surface area contributed by atoms with E-state index in [0.717, 1.165) is 37.2 Å². The number of benzene rings is 1. The molecule has 1 spiro atoms. The number of hydrogen-bond donors (Lipinski definition) is 0. The minimum Gasteiger partial charge on any atom is -0.490 e. The third kappa shape index (κ3) is 2.48. The van der Waals surface area contributed by atoms with Gasteiger partial charge in [-0.1, -0.05) is 64.5 Å². The van der Waals surface area contributed by atoms with E-state index in [4.69, 9.17) is 17.3 Å². The molecule has 4 heteroatoms. The van der Waals surface area contributed by atoms with Crippen LogP contribution in [0.3, 0.4) is 0 Å². The van der Waals surface area contributed by atoms with Crippen LogP contribution in [0.15, 0.2) is 72.1 Å². The fraction of sp³-hybridized carbons (Fsp3) is 0.440. The van der Waals surface area contributed by atoms with Crippen LogP contribution in [-0.2, 0) is 10.2 Å². The molecule has 0 aromatic heterocycles. The molecule has 29 heavy (non-hydrogen) atoms. The summed E-state index contributed by atoms with van der Waals surface area (Å²) in [6.45, 7) is 0. The molecule has 0 bridgehead atoms. The van der Waals surface area contributed by atoms with Crippen LogP contribution in [0.25, 0.3) is 0 Å². The van der Waals surface area contributed by atoms with Gasteiger partial charge in [0.25, 0.3) is 0 Å². The van der Waals surface area contributed by atoms with E-state index in [2.05, 4.69) is 76.7 Å². The van der Waals surface area contributed by atoms with E-state index in [1.165, 1.54) is 11.1 Å². The fourth-order valence-electron chi connectivity index (χ4n) is 6.27. The third-order valence-electron chi connectivity index (χ3n) is 7.40. The van der Waals surface area contributed by atoms with Crippen LogP contribution >= 0.6 is 15.9 Å². The van der Waals surface area contributed by atoms with E-state index in [1.54, 1.807) is 0 Å². The molecule has 1 fully saturated rings. The van der Waals surface area contributed by atoms with Crippen LogP contribution in [0, 0.1) is 11.8 Å². The average molecular weight is 447 g/mol. The number of allylic oxidation sites excluding steroid dienone is 5. The van der Waals surface area contributed by atoms with Crippen molar-refractivity contribution < 1.29 is 9.47 Å². The van der Waals surface area contributed by atoms with E-state index < -0.39 is 0 Å². The number of para-hydroxylation sites is 1. The standard InChI is InChI=1S/C25H24BBrO2/c26-20-9-5-8-18-24(20)29-23-13-12-15(27)14-19(23)25(18)16-6-1-3-10-21(16)28-22-11-4-2-7-17(22)25/h1-3,5-8,10,13-15,17-18,20,22,24H,4,9,11-12H2. The van der Waals surface area contributed by atoms with Gasteiger partial charge in [-0.25, -0.2) is 0 Å². The van der Waals surface area contributed by atoms with Gasteiger partial charge in [-0.05, 0) is 43.6 Å². The lowest BCUT2D eigenvalue weighted by atomic mass is 9.49. The Kier molecular flexibility index (Phi) is 4.17. The number of hydrogen-bond acceptors (Lipinski definition) is 2. The second-order valence-electron chi connectivity index (χ2n) is 8.89. The van der Waals surface area contributed by atoms with E-state index in [-0.39, 0.29) is 35.3 Å². The van der Waals surface area contributed by atoms with Crippen molar-refractivity contribution in [2.24, 2.45) is 11.8 Å². The molecule has 2 radical (unpaired) electrons. The zero-order valence-corrected chi connectivity index (χ0v) is 17.9. The highest BCUT2D eigenvalue weighted by Gasteiger charge is 2.61. The van der Waals surface area contributed by atoms with Crippen molar-refractivity contribution in [1.82, 2.24) is 0 Å². The van der Waals surface area contributed by atoms with Gasteiger partial charge in [0.2, 0.25) is 0 Å². The molecule has 1 aromatic rings. The Balaban J connectivity index is 1.69. The van der Waals surface area contributed by atoms with Crippen LogP contribution in [0.1, 0.15) is 31.2 Å². The lowest BCUT2D eigenvalue weighted by molar-refractivity contribution is -0.0309. The van der Waals surface area contributed by atoms with Crippen LogP contribution in [0.5, 0.6) is 5.75 Å². The van der Waals surface area contributed by atoms with Crippen molar-refractivity contribution >= 4 is 23.8 Å². The van der Waals surface area contributed by atoms with Crippen LogP contribution in [-0.4, -0.2) is 24.9 Å². The molecule has 2 aliphatic heterocycles.